The molecule has 1 aliphatic heterocycles. The molecule has 2 nitrogen and oxygen atoms in total. The largest absolute Gasteiger partial charge is 0.289 e. The summed E-state index contributed by atoms with van der Waals surface area (Å²) in [6.45, 7) is 2.11. The molecule has 0 spiro atoms. The first-order chi connectivity index (χ1) is 10.3. The predicted octanol–water partition coefficient (Wildman–Crippen LogP) is 4.63. The lowest BCUT2D eigenvalue weighted by Gasteiger charge is -2.20. The summed E-state index contributed by atoms with van der Waals surface area (Å²) in [5.74, 6) is 0.0959. The fourth-order valence-electron chi connectivity index (χ4n) is 2.16. The van der Waals surface area contributed by atoms with Crippen LogP contribution in [0.1, 0.15) is 28.4 Å². The molecule has 0 unspecified atom stereocenters. The van der Waals surface area contributed by atoms with Crippen LogP contribution in [0, 0.1) is 0 Å². The molecule has 0 radical (unpaired) electrons. The molecule has 0 saturated carbocycles. The Hall–Kier alpha value is -1.52. The number of Topliss-reactive ketones (excluding diaryl/α,β-unsaturated/α-hetero) is 1. The molecule has 1 aromatic carbocycles. The average molecular weight is 313 g/mol. The van der Waals surface area contributed by atoms with Gasteiger partial charge in [-0.1, -0.05) is 31.2 Å². The number of aromatic nitrogens is 1. The minimum atomic E-state index is 0.0959. The van der Waals surface area contributed by atoms with Crippen molar-refractivity contribution in [1.82, 2.24) is 4.98 Å². The van der Waals surface area contributed by atoms with Gasteiger partial charge in [-0.3, -0.25) is 9.78 Å². The third-order valence-electron chi connectivity index (χ3n) is 3.40. The summed E-state index contributed by atoms with van der Waals surface area (Å²) in [7, 11) is 0. The molecule has 0 N–H and O–H groups in total. The van der Waals surface area contributed by atoms with Gasteiger partial charge in [-0.05, 0) is 29.7 Å². The van der Waals surface area contributed by atoms with Crippen LogP contribution >= 0.6 is 23.5 Å². The first kappa shape index (κ1) is 14.4. The molecule has 0 bridgehead atoms. The predicted molar refractivity (Wildman–Crippen MR) is 91.4 cm³/mol. The van der Waals surface area contributed by atoms with Crippen LogP contribution in [0.4, 0.5) is 0 Å². The molecule has 21 heavy (non-hydrogen) atoms. The Morgan fingerprint density at radius 1 is 1.05 bits per heavy atom. The van der Waals surface area contributed by atoms with Crippen LogP contribution in [0.5, 0.6) is 0 Å². The summed E-state index contributed by atoms with van der Waals surface area (Å²) in [5.41, 5.74) is 3.75. The van der Waals surface area contributed by atoms with Crippen LogP contribution < -0.4 is 0 Å². The van der Waals surface area contributed by atoms with E-state index in [0.717, 1.165) is 32.4 Å². The average Bonchev–Trinajstić information content (AvgIpc) is 2.51. The summed E-state index contributed by atoms with van der Waals surface area (Å²) in [4.78, 5) is 16.9. The number of rotatable bonds is 4. The number of pyridine rings is 1. The summed E-state index contributed by atoms with van der Waals surface area (Å²) in [5, 5.41) is 1.02. The van der Waals surface area contributed by atoms with Gasteiger partial charge >= 0.3 is 0 Å². The van der Waals surface area contributed by atoms with Crippen molar-refractivity contribution in [2.24, 2.45) is 0 Å². The number of hydrogen-bond donors (Lipinski definition) is 0. The summed E-state index contributed by atoms with van der Waals surface area (Å²) in [6, 6.07) is 11.7. The molecule has 1 fully saturated rings. The maximum Gasteiger partial charge on any atom is 0.195 e. The Balaban J connectivity index is 1.99. The molecule has 2 heterocycles. The standard InChI is InChI=1S/C17H15NOS2/c1-2-12-3-5-14(6-4-12)16(19)15(17-20-11-21-17)13-7-9-18-10-8-13/h3-10H,2,11H2,1H3. The first-order valence-corrected chi connectivity index (χ1v) is 8.80. The third kappa shape index (κ3) is 3.06. The van der Waals surface area contributed by atoms with Gasteiger partial charge in [0.1, 0.15) is 0 Å². The number of benzene rings is 1. The number of allylic oxidation sites excluding steroid dienone is 1. The molecule has 1 aromatic heterocycles. The molecule has 1 aliphatic rings. The van der Waals surface area contributed by atoms with Crippen molar-refractivity contribution in [3.63, 3.8) is 0 Å². The zero-order valence-electron chi connectivity index (χ0n) is 11.7. The van der Waals surface area contributed by atoms with Crippen molar-refractivity contribution in [3.8, 4) is 0 Å². The first-order valence-electron chi connectivity index (χ1n) is 6.83. The maximum atomic E-state index is 12.9. The number of nitrogens with zero attached hydrogens (tertiary/aromatic N) is 1. The lowest BCUT2D eigenvalue weighted by atomic mass is 9.98. The van der Waals surface area contributed by atoms with E-state index < -0.39 is 0 Å². The molecule has 106 valence electrons. The minimum Gasteiger partial charge on any atom is -0.289 e. The Bertz CT molecular complexity index is 672. The summed E-state index contributed by atoms with van der Waals surface area (Å²) >= 11 is 3.48. The number of carbonyl (C=O) groups is 1. The second-order valence-corrected chi connectivity index (χ2v) is 7.28. The maximum absolute atomic E-state index is 12.9. The van der Waals surface area contributed by atoms with Crippen molar-refractivity contribution >= 4 is 34.9 Å². The van der Waals surface area contributed by atoms with Crippen LogP contribution in [0.2, 0.25) is 0 Å². The molecule has 0 amide bonds. The summed E-state index contributed by atoms with van der Waals surface area (Å²) in [6.07, 6.45) is 4.45. The Labute approximate surface area is 133 Å². The monoisotopic (exact) mass is 313 g/mol. The molecular weight excluding hydrogens is 298 g/mol. The van der Waals surface area contributed by atoms with Crippen LogP contribution in [-0.2, 0) is 6.42 Å². The van der Waals surface area contributed by atoms with Gasteiger partial charge in [-0.2, -0.15) is 0 Å². The zero-order valence-corrected chi connectivity index (χ0v) is 13.3. The van der Waals surface area contributed by atoms with Gasteiger partial charge in [0, 0.05) is 28.6 Å². The topological polar surface area (TPSA) is 30.0 Å². The second kappa shape index (κ2) is 6.50. The minimum absolute atomic E-state index is 0.0959. The quantitative estimate of drug-likeness (QED) is 0.608. The fraction of sp³-hybridized carbons (Fsp3) is 0.176. The van der Waals surface area contributed by atoms with E-state index in [2.05, 4.69) is 11.9 Å². The van der Waals surface area contributed by atoms with E-state index >= 15 is 0 Å². The highest BCUT2D eigenvalue weighted by Crippen LogP contribution is 2.48. The van der Waals surface area contributed by atoms with E-state index in [4.69, 9.17) is 0 Å². The number of hydrogen-bond acceptors (Lipinski definition) is 4. The third-order valence-corrected chi connectivity index (χ3v) is 5.99. The van der Waals surface area contributed by atoms with Crippen molar-refractivity contribution in [1.29, 1.82) is 0 Å². The van der Waals surface area contributed by atoms with Gasteiger partial charge in [0.2, 0.25) is 0 Å². The second-order valence-electron chi connectivity index (χ2n) is 4.68. The molecule has 2 aromatic rings. The van der Waals surface area contributed by atoms with E-state index in [1.54, 1.807) is 35.9 Å². The van der Waals surface area contributed by atoms with Gasteiger partial charge in [-0.15, -0.1) is 23.5 Å². The van der Waals surface area contributed by atoms with Gasteiger partial charge < -0.3 is 0 Å². The normalized spacial score (nSPS) is 13.7. The van der Waals surface area contributed by atoms with E-state index in [1.165, 1.54) is 5.56 Å². The van der Waals surface area contributed by atoms with E-state index in [1.807, 2.05) is 36.4 Å². The lowest BCUT2D eigenvalue weighted by Crippen LogP contribution is -2.07. The smallest absolute Gasteiger partial charge is 0.195 e. The number of aryl methyl sites for hydroxylation is 1. The van der Waals surface area contributed by atoms with Crippen molar-refractivity contribution < 1.29 is 4.79 Å². The highest BCUT2D eigenvalue weighted by Gasteiger charge is 2.24. The van der Waals surface area contributed by atoms with Crippen molar-refractivity contribution in [2.75, 3.05) is 5.08 Å². The van der Waals surface area contributed by atoms with Crippen LogP contribution in [-0.4, -0.2) is 15.9 Å². The fourth-order valence-corrected chi connectivity index (χ4v) is 3.81. The number of ketones is 1. The number of thioether (sulfide) groups is 2. The van der Waals surface area contributed by atoms with E-state index in [9.17, 15) is 4.79 Å². The Morgan fingerprint density at radius 2 is 1.71 bits per heavy atom. The Kier molecular flexibility index (Phi) is 4.46. The van der Waals surface area contributed by atoms with Gasteiger partial charge in [0.05, 0.1) is 4.24 Å². The summed E-state index contributed by atoms with van der Waals surface area (Å²) < 4.78 is 1.12. The van der Waals surface area contributed by atoms with Gasteiger partial charge in [0.15, 0.2) is 5.78 Å². The highest BCUT2D eigenvalue weighted by atomic mass is 32.3. The highest BCUT2D eigenvalue weighted by molar-refractivity contribution is 8.37. The molecule has 3 rings (SSSR count). The van der Waals surface area contributed by atoms with Crippen molar-refractivity contribution in [3.05, 3.63) is 69.7 Å². The molecule has 0 aliphatic carbocycles. The van der Waals surface area contributed by atoms with Crippen LogP contribution in [0.25, 0.3) is 5.57 Å². The molecule has 4 heteroatoms. The number of carbonyl (C=O) groups excluding carboxylic acids is 1. The SMILES string of the molecule is CCc1ccc(C(=O)C(=C2SCS2)c2ccncc2)cc1. The van der Waals surface area contributed by atoms with Crippen molar-refractivity contribution in [2.45, 2.75) is 13.3 Å². The molecule has 1 saturated heterocycles. The van der Waals surface area contributed by atoms with Crippen LogP contribution in [0.15, 0.2) is 53.0 Å². The molecular formula is C17H15NOS2. The van der Waals surface area contributed by atoms with E-state index in [-0.39, 0.29) is 5.78 Å². The van der Waals surface area contributed by atoms with E-state index in [0.29, 0.717) is 0 Å². The molecule has 0 atom stereocenters. The Morgan fingerprint density at radius 3 is 2.24 bits per heavy atom. The zero-order chi connectivity index (χ0) is 14.7. The van der Waals surface area contributed by atoms with Gasteiger partial charge in [-0.25, -0.2) is 0 Å². The van der Waals surface area contributed by atoms with Crippen LogP contribution in [0.3, 0.4) is 0 Å². The van der Waals surface area contributed by atoms with Gasteiger partial charge in [0.25, 0.3) is 0 Å². The lowest BCUT2D eigenvalue weighted by molar-refractivity contribution is 0.105.